The average molecular weight is 462 g/mol. The first-order chi connectivity index (χ1) is 16.4. The van der Waals surface area contributed by atoms with Gasteiger partial charge in [0.1, 0.15) is 11.7 Å². The van der Waals surface area contributed by atoms with Gasteiger partial charge in [-0.3, -0.25) is 9.59 Å². The molecule has 0 amide bonds. The number of rotatable bonds is 13. The van der Waals surface area contributed by atoms with Gasteiger partial charge in [-0.2, -0.15) is 5.26 Å². The molecule has 0 bridgehead atoms. The summed E-state index contributed by atoms with van der Waals surface area (Å²) in [5.41, 5.74) is 3.73. The molecule has 2 aromatic heterocycles. The standard InChI is InChI=1S/C27H31N3O4/c1-19(15-25(32)33)14-24(31)26-22-16-21(17-28)18-29-27(22)30(2)23(26)10-6-7-12-34-13-11-20-8-4-3-5-9-20/h3-5,8-9,16,18-19H,6-7,10-15H2,1-2H3,(H,32,33). The van der Waals surface area contributed by atoms with Gasteiger partial charge < -0.3 is 14.4 Å². The van der Waals surface area contributed by atoms with Gasteiger partial charge >= 0.3 is 5.97 Å². The lowest BCUT2D eigenvalue weighted by Gasteiger charge is -2.11. The topological polar surface area (TPSA) is 105 Å². The minimum Gasteiger partial charge on any atom is -0.481 e. The summed E-state index contributed by atoms with van der Waals surface area (Å²) in [6, 6.07) is 14.0. The monoisotopic (exact) mass is 461 g/mol. The maximum absolute atomic E-state index is 13.3. The van der Waals surface area contributed by atoms with Gasteiger partial charge in [-0.25, -0.2) is 4.98 Å². The van der Waals surface area contributed by atoms with Crippen LogP contribution in [0.5, 0.6) is 0 Å². The Balaban J connectivity index is 1.67. The largest absolute Gasteiger partial charge is 0.481 e. The predicted octanol–water partition coefficient (Wildman–Crippen LogP) is 4.71. The Labute approximate surface area is 200 Å². The van der Waals surface area contributed by atoms with Crippen molar-refractivity contribution in [3.8, 4) is 6.07 Å². The third-order valence-electron chi connectivity index (χ3n) is 5.94. The number of nitriles is 1. The molecular formula is C27H31N3O4. The van der Waals surface area contributed by atoms with Crippen molar-refractivity contribution in [3.05, 3.63) is 65.0 Å². The second kappa shape index (κ2) is 12.1. The van der Waals surface area contributed by atoms with Crippen LogP contribution in [-0.2, 0) is 29.4 Å². The number of aryl methyl sites for hydroxylation is 1. The molecule has 0 radical (unpaired) electrons. The molecule has 0 spiro atoms. The first-order valence-electron chi connectivity index (χ1n) is 11.6. The van der Waals surface area contributed by atoms with E-state index in [1.54, 1.807) is 13.0 Å². The van der Waals surface area contributed by atoms with Crippen molar-refractivity contribution < 1.29 is 19.4 Å². The number of Topliss-reactive ketones (excluding diaryl/α,β-unsaturated/α-hetero) is 1. The van der Waals surface area contributed by atoms with Crippen LogP contribution in [0.3, 0.4) is 0 Å². The van der Waals surface area contributed by atoms with Crippen LogP contribution in [0.2, 0.25) is 0 Å². The van der Waals surface area contributed by atoms with Crippen molar-refractivity contribution >= 4 is 22.8 Å². The highest BCUT2D eigenvalue weighted by molar-refractivity contribution is 6.09. The fraction of sp³-hybridized carbons (Fsp3) is 0.407. The van der Waals surface area contributed by atoms with Gasteiger partial charge in [0.05, 0.1) is 12.2 Å². The summed E-state index contributed by atoms with van der Waals surface area (Å²) in [4.78, 5) is 28.7. The highest BCUT2D eigenvalue weighted by Gasteiger charge is 2.24. The van der Waals surface area contributed by atoms with Crippen LogP contribution < -0.4 is 0 Å². The van der Waals surface area contributed by atoms with Crippen LogP contribution >= 0.6 is 0 Å². The molecule has 3 aromatic rings. The molecule has 1 N–H and O–H groups in total. The Bertz CT molecular complexity index is 1180. The van der Waals surface area contributed by atoms with Gasteiger partial charge in [-0.05, 0) is 43.2 Å². The van der Waals surface area contributed by atoms with Gasteiger partial charge in [-0.15, -0.1) is 0 Å². The Hall–Kier alpha value is -3.50. The molecule has 1 aromatic carbocycles. The number of hydrogen-bond acceptors (Lipinski definition) is 5. The van der Waals surface area contributed by atoms with Crippen LogP contribution in [-0.4, -0.2) is 39.6 Å². The van der Waals surface area contributed by atoms with Crippen molar-refractivity contribution in [2.24, 2.45) is 13.0 Å². The molecule has 1 unspecified atom stereocenters. The number of ether oxygens (including phenoxy) is 1. The van der Waals surface area contributed by atoms with Crippen LogP contribution in [0, 0.1) is 17.2 Å². The summed E-state index contributed by atoms with van der Waals surface area (Å²) in [5.74, 6) is -1.30. The zero-order valence-corrected chi connectivity index (χ0v) is 19.8. The highest BCUT2D eigenvalue weighted by Crippen LogP contribution is 2.29. The summed E-state index contributed by atoms with van der Waals surface area (Å²) < 4.78 is 7.70. The van der Waals surface area contributed by atoms with Crippen molar-refractivity contribution in [3.63, 3.8) is 0 Å². The Morgan fingerprint density at radius 1 is 1.15 bits per heavy atom. The maximum atomic E-state index is 13.3. The van der Waals surface area contributed by atoms with Crippen molar-refractivity contribution in [1.82, 2.24) is 9.55 Å². The number of aliphatic carboxylic acids is 1. The lowest BCUT2D eigenvalue weighted by Crippen LogP contribution is -2.12. The van der Waals surface area contributed by atoms with Crippen LogP contribution in [0.25, 0.3) is 11.0 Å². The van der Waals surface area contributed by atoms with E-state index < -0.39 is 5.97 Å². The molecule has 7 nitrogen and oxygen atoms in total. The van der Waals surface area contributed by atoms with Crippen molar-refractivity contribution in [1.29, 1.82) is 5.26 Å². The summed E-state index contributed by atoms with van der Waals surface area (Å²) in [5, 5.41) is 19.0. The molecule has 3 rings (SSSR count). The Kier molecular flexibility index (Phi) is 8.94. The first kappa shape index (κ1) is 25.1. The minimum atomic E-state index is -0.917. The number of carboxylic acid groups (broad SMARTS) is 1. The zero-order chi connectivity index (χ0) is 24.5. The highest BCUT2D eigenvalue weighted by atomic mass is 16.5. The van der Waals surface area contributed by atoms with Crippen LogP contribution in [0.4, 0.5) is 0 Å². The molecule has 178 valence electrons. The molecule has 0 saturated heterocycles. The molecule has 0 aliphatic rings. The zero-order valence-electron chi connectivity index (χ0n) is 19.8. The molecule has 7 heteroatoms. The maximum Gasteiger partial charge on any atom is 0.303 e. The van der Waals surface area contributed by atoms with E-state index >= 15 is 0 Å². The fourth-order valence-corrected chi connectivity index (χ4v) is 4.25. The number of carbonyl (C=O) groups excluding carboxylic acids is 1. The predicted molar refractivity (Wildman–Crippen MR) is 130 cm³/mol. The third kappa shape index (κ3) is 6.52. The Morgan fingerprint density at radius 3 is 2.62 bits per heavy atom. The number of nitrogens with zero attached hydrogens (tertiary/aromatic N) is 3. The molecule has 34 heavy (non-hydrogen) atoms. The van der Waals surface area contributed by atoms with E-state index in [4.69, 9.17) is 9.84 Å². The van der Waals surface area contributed by atoms with E-state index in [0.717, 1.165) is 25.0 Å². The molecule has 0 saturated carbocycles. The van der Waals surface area contributed by atoms with Crippen molar-refractivity contribution in [2.45, 2.75) is 45.4 Å². The van der Waals surface area contributed by atoms with E-state index in [9.17, 15) is 14.9 Å². The third-order valence-corrected chi connectivity index (χ3v) is 5.94. The van der Waals surface area contributed by atoms with Gasteiger partial charge in [0.2, 0.25) is 0 Å². The lowest BCUT2D eigenvalue weighted by atomic mass is 9.94. The fourth-order valence-electron chi connectivity index (χ4n) is 4.25. The van der Waals surface area contributed by atoms with Gasteiger partial charge in [0.25, 0.3) is 0 Å². The molecular weight excluding hydrogens is 430 g/mol. The van der Waals surface area contributed by atoms with E-state index in [-0.39, 0.29) is 24.5 Å². The van der Waals surface area contributed by atoms with Gasteiger partial charge in [-0.1, -0.05) is 37.3 Å². The molecule has 0 aliphatic heterocycles. The summed E-state index contributed by atoms with van der Waals surface area (Å²) in [7, 11) is 1.88. The first-order valence-corrected chi connectivity index (χ1v) is 11.6. The summed E-state index contributed by atoms with van der Waals surface area (Å²) in [6.45, 7) is 3.08. The quantitative estimate of drug-likeness (QED) is 0.292. The average Bonchev–Trinajstić information content (AvgIpc) is 3.09. The second-order valence-electron chi connectivity index (χ2n) is 8.72. The number of ketones is 1. The number of pyridine rings is 1. The molecule has 0 fully saturated rings. The number of aromatic nitrogens is 2. The summed E-state index contributed by atoms with van der Waals surface area (Å²) >= 11 is 0. The summed E-state index contributed by atoms with van der Waals surface area (Å²) in [6.07, 6.45) is 4.83. The molecule has 1 atom stereocenters. The number of benzene rings is 1. The normalized spacial score (nSPS) is 11.9. The number of unbranched alkanes of at least 4 members (excludes halogenated alkanes) is 1. The molecule has 2 heterocycles. The van der Waals surface area contributed by atoms with Gasteiger partial charge in [0.15, 0.2) is 5.78 Å². The SMILES string of the molecule is CC(CC(=O)O)CC(=O)c1c(CCCCOCCc2ccccc2)n(C)c2ncc(C#N)cc12. The van der Waals surface area contributed by atoms with Crippen LogP contribution in [0.15, 0.2) is 42.6 Å². The number of fused-ring (bicyclic) bond motifs is 1. The van der Waals surface area contributed by atoms with E-state index in [1.165, 1.54) is 11.8 Å². The van der Waals surface area contributed by atoms with E-state index in [0.29, 0.717) is 41.8 Å². The van der Waals surface area contributed by atoms with E-state index in [1.807, 2.05) is 29.8 Å². The molecule has 0 aliphatic carbocycles. The van der Waals surface area contributed by atoms with E-state index in [2.05, 4.69) is 23.2 Å². The van der Waals surface area contributed by atoms with Gasteiger partial charge in [0, 0.05) is 49.3 Å². The number of hydrogen-bond donors (Lipinski definition) is 1. The lowest BCUT2D eigenvalue weighted by molar-refractivity contribution is -0.137. The van der Waals surface area contributed by atoms with Crippen LogP contribution in [0.1, 0.15) is 59.8 Å². The smallest absolute Gasteiger partial charge is 0.303 e. The Morgan fingerprint density at radius 2 is 1.91 bits per heavy atom. The number of carbonyl (C=O) groups is 2. The minimum absolute atomic E-state index is 0.0617. The number of carboxylic acids is 1. The van der Waals surface area contributed by atoms with Crippen molar-refractivity contribution in [2.75, 3.05) is 13.2 Å². The second-order valence-corrected chi connectivity index (χ2v) is 8.72.